The first-order valence-electron chi connectivity index (χ1n) is 14.6. The van der Waals surface area contributed by atoms with Crippen molar-refractivity contribution < 1.29 is 33.7 Å². The quantitative estimate of drug-likeness (QED) is 0.392. The summed E-state index contributed by atoms with van der Waals surface area (Å²) in [6, 6.07) is 0. The zero-order valence-corrected chi connectivity index (χ0v) is 23.5. The molecule has 0 spiro atoms. The summed E-state index contributed by atoms with van der Waals surface area (Å²) in [6.07, 6.45) is 8.65. The van der Waals surface area contributed by atoms with E-state index in [0.29, 0.717) is 30.1 Å². The molecule has 1 heterocycles. The first-order valence-corrected chi connectivity index (χ1v) is 14.6. The van der Waals surface area contributed by atoms with Crippen molar-refractivity contribution in [3.63, 3.8) is 0 Å². The zero-order valence-electron chi connectivity index (χ0n) is 23.5. The first-order chi connectivity index (χ1) is 17.2. The van der Waals surface area contributed by atoms with Crippen LogP contribution in [0.2, 0.25) is 0 Å². The molecule has 0 aromatic rings. The second-order valence-corrected chi connectivity index (χ2v) is 14.5. The van der Waals surface area contributed by atoms with Gasteiger partial charge in [0.1, 0.15) is 17.8 Å². The number of aliphatic hydroxyl groups is 1. The second-order valence-electron chi connectivity index (χ2n) is 14.5. The average Bonchev–Trinajstić information content (AvgIpc) is 3.42. The Labute approximate surface area is 221 Å². The van der Waals surface area contributed by atoms with Gasteiger partial charge in [-0.3, -0.25) is 14.4 Å². The zero-order chi connectivity index (χ0) is 27.0. The van der Waals surface area contributed by atoms with Gasteiger partial charge in [-0.05, 0) is 97.3 Å². The second kappa shape index (κ2) is 8.96. The Kier molecular flexibility index (Phi) is 6.53. The van der Waals surface area contributed by atoms with Crippen molar-refractivity contribution in [2.45, 2.75) is 129 Å². The maximum Gasteiger partial charge on any atom is 0.312 e. The first kappa shape index (κ1) is 27.0. The van der Waals surface area contributed by atoms with Gasteiger partial charge in [-0.15, -0.1) is 0 Å². The van der Waals surface area contributed by atoms with E-state index in [1.807, 2.05) is 41.5 Å². The third-order valence-corrected chi connectivity index (χ3v) is 10.8. The van der Waals surface area contributed by atoms with Gasteiger partial charge in [-0.1, -0.05) is 13.8 Å². The van der Waals surface area contributed by atoms with Crippen molar-refractivity contribution in [2.75, 3.05) is 0 Å². The Morgan fingerprint density at radius 1 is 0.946 bits per heavy atom. The lowest BCUT2D eigenvalue weighted by Crippen LogP contribution is -2.61. The highest BCUT2D eigenvalue weighted by Gasteiger charge is 2.63. The van der Waals surface area contributed by atoms with Gasteiger partial charge in [0.05, 0.1) is 22.3 Å². The molecule has 6 aliphatic carbocycles. The molecule has 37 heavy (non-hydrogen) atoms. The van der Waals surface area contributed by atoms with E-state index in [-0.39, 0.29) is 41.6 Å². The fourth-order valence-electron chi connectivity index (χ4n) is 8.22. The van der Waals surface area contributed by atoms with Crippen molar-refractivity contribution in [1.82, 2.24) is 0 Å². The lowest BCUT2D eigenvalue weighted by atomic mass is 9.52. The van der Waals surface area contributed by atoms with E-state index in [1.54, 1.807) is 0 Å². The monoisotopic (exact) mass is 518 g/mol. The molecule has 7 heteroatoms. The molecule has 7 nitrogen and oxygen atoms in total. The van der Waals surface area contributed by atoms with Crippen LogP contribution in [0.3, 0.4) is 0 Å². The van der Waals surface area contributed by atoms with E-state index >= 15 is 0 Å². The predicted octanol–water partition coefficient (Wildman–Crippen LogP) is 4.97. The summed E-state index contributed by atoms with van der Waals surface area (Å²) in [5, 5.41) is 10.6. The van der Waals surface area contributed by atoms with E-state index in [2.05, 4.69) is 0 Å². The van der Waals surface area contributed by atoms with Crippen LogP contribution < -0.4 is 0 Å². The highest BCUT2D eigenvalue weighted by Crippen LogP contribution is 2.59. The number of fused-ring (bicyclic) bond motifs is 1. The Bertz CT molecular complexity index is 938. The maximum atomic E-state index is 12.4. The van der Waals surface area contributed by atoms with Crippen LogP contribution in [-0.2, 0) is 28.6 Å². The van der Waals surface area contributed by atoms with Crippen molar-refractivity contribution >= 4 is 17.9 Å². The molecule has 0 radical (unpaired) electrons. The predicted molar refractivity (Wildman–Crippen MR) is 136 cm³/mol. The van der Waals surface area contributed by atoms with Crippen LogP contribution in [-0.4, -0.2) is 46.4 Å². The molecular formula is C30H46O7. The number of ether oxygens (including phenoxy) is 3. The van der Waals surface area contributed by atoms with Gasteiger partial charge >= 0.3 is 17.9 Å². The topological polar surface area (TPSA) is 99.1 Å². The van der Waals surface area contributed by atoms with Crippen molar-refractivity contribution in [3.05, 3.63) is 0 Å². The van der Waals surface area contributed by atoms with Gasteiger partial charge < -0.3 is 19.3 Å². The molecular weight excluding hydrogens is 472 g/mol. The molecule has 0 aromatic heterocycles. The fraction of sp³-hybridized carbons (Fsp3) is 0.900. The van der Waals surface area contributed by atoms with E-state index in [0.717, 1.165) is 51.4 Å². The van der Waals surface area contributed by atoms with Crippen LogP contribution in [0.15, 0.2) is 0 Å². The molecule has 7 aliphatic rings. The van der Waals surface area contributed by atoms with Gasteiger partial charge in [0.25, 0.3) is 0 Å². The number of carbonyl (C=O) groups is 3. The molecule has 6 saturated carbocycles. The Balaban J connectivity index is 0.000000152. The van der Waals surface area contributed by atoms with Crippen LogP contribution in [0.4, 0.5) is 0 Å². The minimum absolute atomic E-state index is 0.0779. The van der Waals surface area contributed by atoms with E-state index < -0.39 is 16.4 Å². The molecule has 7 rings (SSSR count). The summed E-state index contributed by atoms with van der Waals surface area (Å²) in [5.41, 5.74) is -1.78. The van der Waals surface area contributed by atoms with Crippen molar-refractivity contribution in [3.8, 4) is 0 Å². The third kappa shape index (κ3) is 4.72. The smallest absolute Gasteiger partial charge is 0.312 e. The summed E-state index contributed by atoms with van der Waals surface area (Å²) >= 11 is 0. The minimum atomic E-state index is -0.555. The normalized spacial score (nSPS) is 42.8. The molecule has 1 N–H and O–H groups in total. The van der Waals surface area contributed by atoms with E-state index in [9.17, 15) is 19.5 Å². The Morgan fingerprint density at radius 2 is 1.54 bits per heavy atom. The number of carbonyl (C=O) groups excluding carboxylic acids is 3. The molecule has 6 bridgehead atoms. The van der Waals surface area contributed by atoms with E-state index in [4.69, 9.17) is 14.2 Å². The summed E-state index contributed by atoms with van der Waals surface area (Å²) < 4.78 is 17.0. The summed E-state index contributed by atoms with van der Waals surface area (Å²) in [6.45, 7) is 11.7. The van der Waals surface area contributed by atoms with Crippen LogP contribution in [0.5, 0.6) is 0 Å². The van der Waals surface area contributed by atoms with Gasteiger partial charge in [0.15, 0.2) is 0 Å². The molecule has 0 amide bonds. The van der Waals surface area contributed by atoms with Crippen LogP contribution in [0, 0.1) is 40.4 Å². The Morgan fingerprint density at radius 3 is 2.11 bits per heavy atom. The van der Waals surface area contributed by atoms with E-state index in [1.165, 1.54) is 6.42 Å². The number of hydrogen-bond donors (Lipinski definition) is 1. The van der Waals surface area contributed by atoms with Gasteiger partial charge in [0.2, 0.25) is 0 Å². The van der Waals surface area contributed by atoms with Gasteiger partial charge in [0, 0.05) is 18.3 Å². The largest absolute Gasteiger partial charge is 0.459 e. The number of rotatable bonds is 6. The Hall–Kier alpha value is -1.63. The third-order valence-electron chi connectivity index (χ3n) is 10.8. The molecule has 7 atom stereocenters. The number of hydrogen-bond acceptors (Lipinski definition) is 7. The maximum absolute atomic E-state index is 12.4. The molecule has 208 valence electrons. The lowest BCUT2D eigenvalue weighted by molar-refractivity contribution is -0.225. The standard InChI is InChI=1S/C16H26O3.C14H20O4/c1-4-14(2,3)13(17)19-16-8-11-5-12(9-16)7-15(18,6-11)10-16;1-4-14(2,3)13(16)18-10-7-5-8-9(6-7)12(15)17-11(8)10/h11-12,18H,4-10H2,1-3H3;7-11H,4-6H2,1-3H3. The minimum Gasteiger partial charge on any atom is -0.459 e. The SMILES string of the molecule is CCC(C)(C)C(=O)OC12CC3CC(CC(O)(C3)C1)C2.CCC(C)(C)C(=O)OC1C2CC3C(=O)OC1C3C2. The van der Waals surface area contributed by atoms with Gasteiger partial charge in [-0.25, -0.2) is 0 Å². The highest BCUT2D eigenvalue weighted by molar-refractivity contribution is 5.78. The highest BCUT2D eigenvalue weighted by atomic mass is 16.6. The molecule has 7 unspecified atom stereocenters. The summed E-state index contributed by atoms with van der Waals surface area (Å²) in [4.78, 5) is 36.1. The van der Waals surface area contributed by atoms with Crippen LogP contribution in [0.25, 0.3) is 0 Å². The van der Waals surface area contributed by atoms with Crippen molar-refractivity contribution in [2.24, 2.45) is 40.4 Å². The van der Waals surface area contributed by atoms with Crippen molar-refractivity contribution in [1.29, 1.82) is 0 Å². The van der Waals surface area contributed by atoms with Crippen LogP contribution >= 0.6 is 0 Å². The van der Waals surface area contributed by atoms with Gasteiger partial charge in [-0.2, -0.15) is 0 Å². The molecule has 7 fully saturated rings. The lowest BCUT2D eigenvalue weighted by Gasteiger charge is -2.59. The average molecular weight is 519 g/mol. The number of esters is 3. The van der Waals surface area contributed by atoms with Crippen LogP contribution in [0.1, 0.15) is 106 Å². The summed E-state index contributed by atoms with van der Waals surface area (Å²) in [5.74, 6) is 1.49. The summed E-state index contributed by atoms with van der Waals surface area (Å²) in [7, 11) is 0. The fourth-order valence-corrected chi connectivity index (χ4v) is 8.22. The molecule has 0 aromatic carbocycles. The molecule has 1 aliphatic heterocycles. The molecule has 1 saturated heterocycles.